The molecule has 18 heavy (non-hydrogen) atoms. The first-order valence-electron chi connectivity index (χ1n) is 6.73. The van der Waals surface area contributed by atoms with Crippen molar-refractivity contribution < 1.29 is 4.74 Å². The summed E-state index contributed by atoms with van der Waals surface area (Å²) < 4.78 is 7.37. The first-order valence-corrected chi connectivity index (χ1v) is 6.73. The van der Waals surface area contributed by atoms with Crippen LogP contribution in [-0.2, 0) is 18.2 Å². The predicted octanol–water partition coefficient (Wildman–Crippen LogP) is 2.15. The number of ether oxygens (including phenoxy) is 1. The van der Waals surface area contributed by atoms with Crippen LogP contribution in [0.3, 0.4) is 0 Å². The Morgan fingerprint density at radius 2 is 2.22 bits per heavy atom. The Hall–Kier alpha value is -0.870. The average Bonchev–Trinajstić information content (AvgIpc) is 2.72. The fourth-order valence-electron chi connectivity index (χ4n) is 2.18. The highest BCUT2D eigenvalue weighted by atomic mass is 16.5. The number of aromatic nitrogens is 2. The number of hydrogen-bond acceptors (Lipinski definition) is 3. The van der Waals surface area contributed by atoms with E-state index in [1.54, 1.807) is 7.11 Å². The number of hydrogen-bond donors (Lipinski definition) is 1. The summed E-state index contributed by atoms with van der Waals surface area (Å²) in [4.78, 5) is 0. The van der Waals surface area contributed by atoms with Gasteiger partial charge in [-0.05, 0) is 45.2 Å². The van der Waals surface area contributed by atoms with E-state index in [4.69, 9.17) is 4.74 Å². The molecule has 1 aromatic heterocycles. The molecule has 0 spiro atoms. The zero-order chi connectivity index (χ0) is 13.6. The molecule has 1 heterocycles. The van der Waals surface area contributed by atoms with Crippen molar-refractivity contribution in [2.75, 3.05) is 13.7 Å². The number of nitrogens with one attached hydrogen (secondary N) is 1. The highest BCUT2D eigenvalue weighted by molar-refractivity contribution is 5.04. The standard InChI is InChI=1S/C14H27N3O/c1-6-15-13(9-14(2,3)18-5)8-7-12-10-16-17(4)11-12/h10-11,13,15H,6-9H2,1-5H3. The number of rotatable bonds is 8. The fourth-order valence-corrected chi connectivity index (χ4v) is 2.18. The van der Waals surface area contributed by atoms with Crippen LogP contribution in [0.1, 0.15) is 39.2 Å². The van der Waals surface area contributed by atoms with Crippen LogP contribution >= 0.6 is 0 Å². The zero-order valence-electron chi connectivity index (χ0n) is 12.4. The molecule has 0 radical (unpaired) electrons. The second kappa shape index (κ2) is 6.90. The topological polar surface area (TPSA) is 39.1 Å². The first-order chi connectivity index (χ1) is 8.46. The van der Waals surface area contributed by atoms with E-state index in [9.17, 15) is 0 Å². The van der Waals surface area contributed by atoms with Crippen molar-refractivity contribution in [2.45, 2.75) is 51.7 Å². The van der Waals surface area contributed by atoms with Crippen molar-refractivity contribution in [3.05, 3.63) is 18.0 Å². The van der Waals surface area contributed by atoms with Crippen LogP contribution in [0.15, 0.2) is 12.4 Å². The lowest BCUT2D eigenvalue weighted by Crippen LogP contribution is -2.37. The maximum Gasteiger partial charge on any atom is 0.0637 e. The van der Waals surface area contributed by atoms with Gasteiger partial charge in [0, 0.05) is 26.4 Å². The minimum absolute atomic E-state index is 0.0677. The molecule has 0 aliphatic rings. The van der Waals surface area contributed by atoms with Gasteiger partial charge in [0.15, 0.2) is 0 Å². The molecule has 0 saturated carbocycles. The highest BCUT2D eigenvalue weighted by Gasteiger charge is 2.22. The SMILES string of the molecule is CCNC(CCc1cnn(C)c1)CC(C)(C)OC. The number of aryl methyl sites for hydroxylation is 2. The summed E-state index contributed by atoms with van der Waals surface area (Å²) in [7, 11) is 3.74. The quantitative estimate of drug-likeness (QED) is 0.771. The Kier molecular flexibility index (Phi) is 5.82. The maximum atomic E-state index is 5.51. The molecule has 4 nitrogen and oxygen atoms in total. The van der Waals surface area contributed by atoms with Crippen LogP contribution in [-0.4, -0.2) is 35.1 Å². The molecular weight excluding hydrogens is 226 g/mol. The molecule has 0 aliphatic heterocycles. The molecule has 1 atom stereocenters. The molecule has 1 rings (SSSR count). The van der Waals surface area contributed by atoms with Crippen LogP contribution in [0.4, 0.5) is 0 Å². The van der Waals surface area contributed by atoms with Crippen molar-refractivity contribution in [3.8, 4) is 0 Å². The largest absolute Gasteiger partial charge is 0.379 e. The van der Waals surface area contributed by atoms with Crippen molar-refractivity contribution in [1.82, 2.24) is 15.1 Å². The lowest BCUT2D eigenvalue weighted by molar-refractivity contribution is 0.00655. The Bertz CT molecular complexity index is 347. The molecular formula is C14H27N3O. The molecule has 0 amide bonds. The third-order valence-corrected chi connectivity index (χ3v) is 3.32. The van der Waals surface area contributed by atoms with Gasteiger partial charge >= 0.3 is 0 Å². The van der Waals surface area contributed by atoms with Crippen LogP contribution in [0, 0.1) is 0 Å². The van der Waals surface area contributed by atoms with Crippen molar-refractivity contribution >= 4 is 0 Å². The summed E-state index contributed by atoms with van der Waals surface area (Å²) in [5.74, 6) is 0. The van der Waals surface area contributed by atoms with Crippen LogP contribution < -0.4 is 5.32 Å². The van der Waals surface area contributed by atoms with Crippen LogP contribution in [0.2, 0.25) is 0 Å². The monoisotopic (exact) mass is 253 g/mol. The van der Waals surface area contributed by atoms with E-state index in [1.165, 1.54) is 5.56 Å². The minimum Gasteiger partial charge on any atom is -0.379 e. The van der Waals surface area contributed by atoms with E-state index in [1.807, 2.05) is 17.9 Å². The van der Waals surface area contributed by atoms with E-state index < -0.39 is 0 Å². The molecule has 104 valence electrons. The van der Waals surface area contributed by atoms with E-state index in [-0.39, 0.29) is 5.60 Å². The van der Waals surface area contributed by atoms with Gasteiger partial charge in [0.1, 0.15) is 0 Å². The molecule has 4 heteroatoms. The summed E-state index contributed by atoms with van der Waals surface area (Å²) in [5, 5.41) is 7.75. The molecule has 0 saturated heterocycles. The summed E-state index contributed by atoms with van der Waals surface area (Å²) >= 11 is 0. The van der Waals surface area contributed by atoms with E-state index in [2.05, 4.69) is 37.4 Å². The Morgan fingerprint density at radius 1 is 1.50 bits per heavy atom. The van der Waals surface area contributed by atoms with Crippen LogP contribution in [0.25, 0.3) is 0 Å². The third-order valence-electron chi connectivity index (χ3n) is 3.32. The normalized spacial score (nSPS) is 13.8. The Labute approximate surface area is 111 Å². The summed E-state index contributed by atoms with van der Waals surface area (Å²) in [6, 6.07) is 0.491. The minimum atomic E-state index is -0.0677. The predicted molar refractivity (Wildman–Crippen MR) is 74.7 cm³/mol. The number of nitrogens with zero attached hydrogens (tertiary/aromatic N) is 2. The molecule has 1 unspecified atom stereocenters. The molecule has 0 aliphatic carbocycles. The van der Waals surface area contributed by atoms with Gasteiger partial charge in [-0.1, -0.05) is 6.92 Å². The fraction of sp³-hybridized carbons (Fsp3) is 0.786. The zero-order valence-corrected chi connectivity index (χ0v) is 12.4. The molecule has 1 aromatic rings. The first kappa shape index (κ1) is 15.2. The van der Waals surface area contributed by atoms with Gasteiger partial charge in [0.2, 0.25) is 0 Å². The third kappa shape index (κ3) is 5.19. The van der Waals surface area contributed by atoms with E-state index in [0.717, 1.165) is 25.8 Å². The van der Waals surface area contributed by atoms with E-state index in [0.29, 0.717) is 6.04 Å². The lowest BCUT2D eigenvalue weighted by atomic mass is 9.94. The second-order valence-corrected chi connectivity index (χ2v) is 5.48. The molecule has 0 fully saturated rings. The summed E-state index contributed by atoms with van der Waals surface area (Å²) in [6.07, 6.45) is 7.24. The molecule has 1 N–H and O–H groups in total. The van der Waals surface area contributed by atoms with Gasteiger partial charge in [-0.15, -0.1) is 0 Å². The Balaban J connectivity index is 2.47. The number of methoxy groups -OCH3 is 1. The van der Waals surface area contributed by atoms with Gasteiger partial charge < -0.3 is 10.1 Å². The van der Waals surface area contributed by atoms with Crippen LogP contribution in [0.5, 0.6) is 0 Å². The van der Waals surface area contributed by atoms with Crippen molar-refractivity contribution in [1.29, 1.82) is 0 Å². The smallest absolute Gasteiger partial charge is 0.0637 e. The Morgan fingerprint density at radius 3 is 2.72 bits per heavy atom. The van der Waals surface area contributed by atoms with Gasteiger partial charge in [-0.2, -0.15) is 5.10 Å². The second-order valence-electron chi connectivity index (χ2n) is 5.48. The van der Waals surface area contributed by atoms with Gasteiger partial charge in [0.25, 0.3) is 0 Å². The van der Waals surface area contributed by atoms with Gasteiger partial charge in [-0.25, -0.2) is 0 Å². The highest BCUT2D eigenvalue weighted by Crippen LogP contribution is 2.18. The van der Waals surface area contributed by atoms with Crippen molar-refractivity contribution in [3.63, 3.8) is 0 Å². The molecule has 0 aromatic carbocycles. The van der Waals surface area contributed by atoms with E-state index >= 15 is 0 Å². The van der Waals surface area contributed by atoms with Gasteiger partial charge in [-0.3, -0.25) is 4.68 Å². The summed E-state index contributed by atoms with van der Waals surface area (Å²) in [5.41, 5.74) is 1.23. The molecule has 0 bridgehead atoms. The average molecular weight is 253 g/mol. The van der Waals surface area contributed by atoms with Crippen molar-refractivity contribution in [2.24, 2.45) is 7.05 Å². The maximum absolute atomic E-state index is 5.51. The lowest BCUT2D eigenvalue weighted by Gasteiger charge is -2.29. The van der Waals surface area contributed by atoms with Gasteiger partial charge in [0.05, 0.1) is 11.8 Å². The summed E-state index contributed by atoms with van der Waals surface area (Å²) in [6.45, 7) is 7.43.